The van der Waals surface area contributed by atoms with Gasteiger partial charge in [-0.25, -0.2) is 0 Å². The average Bonchev–Trinajstić information content (AvgIpc) is 0.686. The van der Waals surface area contributed by atoms with Crippen LogP contribution in [-0.4, -0.2) is 22.9 Å². The number of rotatable bonds is 11. The van der Waals surface area contributed by atoms with Crippen molar-refractivity contribution in [2.75, 3.05) is 9.80 Å². The molecule has 0 unspecified atom stereocenters. The number of fused-ring (bicyclic) bond motifs is 4. The molecule has 11 aromatic carbocycles. The lowest BCUT2D eigenvalue weighted by Crippen LogP contribution is -2.61. The number of benzene rings is 11. The molecule has 2 nitrogen and oxygen atoms in total. The zero-order valence-electron chi connectivity index (χ0n) is 74.1. The lowest BCUT2D eigenvalue weighted by Gasteiger charge is -2.46. The molecule has 5 heteroatoms. The Hall–Kier alpha value is -8.48. The molecule has 2 heterocycles. The lowest BCUT2D eigenvalue weighted by atomic mass is 9.33. The smallest absolute Gasteiger partial charge is 0.252 e. The van der Waals surface area contributed by atoms with Gasteiger partial charge in [0.1, 0.15) is 0 Å². The summed E-state index contributed by atoms with van der Waals surface area (Å²) < 4.78 is 192. The van der Waals surface area contributed by atoms with E-state index in [1.54, 1.807) is 24.3 Å². The summed E-state index contributed by atoms with van der Waals surface area (Å²) in [6.45, 7) is 24.5. The summed E-state index contributed by atoms with van der Waals surface area (Å²) in [5.74, 6) is -0.166. The fourth-order valence-electron chi connectivity index (χ4n) is 13.8. The number of nitrogens with zero attached hydrogens (tertiary/aromatic N) is 2. The van der Waals surface area contributed by atoms with Crippen LogP contribution in [-0.2, 0) is 10.8 Å². The highest BCUT2D eigenvalue weighted by Crippen LogP contribution is 2.55. The Morgan fingerprint density at radius 2 is 0.714 bits per heavy atom. The van der Waals surface area contributed by atoms with E-state index in [4.69, 9.17) is 5.48 Å². The van der Waals surface area contributed by atoms with Gasteiger partial charge in [0.05, 0.1) is 54.9 Å². The summed E-state index contributed by atoms with van der Waals surface area (Å²) in [6.07, 6.45) is 4.09. The molecule has 0 spiro atoms. The lowest BCUT2D eigenvalue weighted by molar-refractivity contribution is 0.444. The highest BCUT2D eigenvalue weighted by Gasteiger charge is 2.46. The first-order valence-electron chi connectivity index (χ1n) is 41.9. The maximum Gasteiger partial charge on any atom is 0.252 e. The highest BCUT2D eigenvalue weighted by molar-refractivity contribution is 7.00. The minimum absolute atomic E-state index is 0.0803. The van der Waals surface area contributed by atoms with Crippen molar-refractivity contribution in [3.63, 3.8) is 0 Å². The monoisotopic (exact) mass is 1230 g/mol. The first-order valence-corrected chi connectivity index (χ1v) is 38.9. The van der Waals surface area contributed by atoms with Crippen molar-refractivity contribution in [3.05, 3.63) is 259 Å². The van der Waals surface area contributed by atoms with Crippen molar-refractivity contribution in [1.82, 2.24) is 0 Å². The first-order chi connectivity index (χ1) is 51.9. The van der Waals surface area contributed by atoms with Crippen LogP contribution in [0.1, 0.15) is 124 Å². The van der Waals surface area contributed by atoms with Gasteiger partial charge >= 0.3 is 0 Å². The molecule has 91 heavy (non-hydrogen) atoms. The van der Waals surface area contributed by atoms with E-state index in [-0.39, 0.29) is 61.8 Å². The second-order valence-electron chi connectivity index (χ2n) is 29.0. The third-order valence-electron chi connectivity index (χ3n) is 18.8. The van der Waals surface area contributed by atoms with Crippen LogP contribution in [0, 0.1) is 0 Å². The van der Waals surface area contributed by atoms with Crippen LogP contribution in [0.5, 0.6) is 0 Å². The molecule has 11 aromatic rings. The maximum absolute atomic E-state index is 10.1. The number of hydrogen-bond donors (Lipinski definition) is 0. The summed E-state index contributed by atoms with van der Waals surface area (Å²) in [6, 6.07) is 28.7. The van der Waals surface area contributed by atoms with Gasteiger partial charge in [-0.1, -0.05) is 304 Å². The third kappa shape index (κ3) is 11.3. The van der Waals surface area contributed by atoms with Crippen molar-refractivity contribution in [2.24, 2.45) is 0 Å². The fraction of sp³-hybridized carbons (Fsp3) is 0.233. The van der Waals surface area contributed by atoms with Gasteiger partial charge < -0.3 is 9.80 Å². The van der Waals surface area contributed by atoms with Gasteiger partial charge in [-0.15, -0.1) is 0 Å². The van der Waals surface area contributed by atoms with Gasteiger partial charge in [-0.05, 0) is 156 Å². The normalized spacial score (nSPS) is 17.3. The zero-order valence-corrected chi connectivity index (χ0v) is 56.1. The Morgan fingerprint density at radius 1 is 0.374 bits per heavy atom. The minimum Gasteiger partial charge on any atom is -0.310 e. The van der Waals surface area contributed by atoms with Crippen LogP contribution in [0.2, 0.25) is 39.3 Å². The van der Waals surface area contributed by atoms with Crippen molar-refractivity contribution >= 4 is 83.7 Å². The van der Waals surface area contributed by atoms with Crippen molar-refractivity contribution < 1.29 is 27.4 Å². The van der Waals surface area contributed by atoms with Crippen LogP contribution in [0.15, 0.2) is 242 Å². The SMILES string of the molecule is [2H]c1c([2H])c([2H])c(-c2cc(C(C)(C)C)cc(-c3c([2H])c([2H])c([2H])c([2H])c3[2H])c2N2c3ccc(-c4cccc([Si](C)(C)C)c4)cc3B3c4cc(-c5cccc([Si](C)(C)C)c5)ccc4N(c4c(-c5c([2H])c([2H])c([2H])c([2H])c5[2H])cc(C(C)(C)C)cc4-c4c([2H])c([2H])c([2H])c([2H])c4[2H])c4cc(C5CCCCC5)cc2c43)c([2H])c1[2H]. The molecule has 0 saturated heterocycles. The Morgan fingerprint density at radius 3 is 1.04 bits per heavy atom. The number of anilines is 6. The third-order valence-corrected chi connectivity index (χ3v) is 22.9. The van der Waals surface area contributed by atoms with E-state index in [1.165, 1.54) is 10.4 Å². The Bertz CT molecular complexity index is 5170. The van der Waals surface area contributed by atoms with Crippen molar-refractivity contribution in [3.8, 4) is 66.8 Å². The maximum atomic E-state index is 10.1. The van der Waals surface area contributed by atoms with Gasteiger partial charge in [0.2, 0.25) is 0 Å². The first kappa shape index (κ1) is 41.1. The van der Waals surface area contributed by atoms with E-state index in [2.05, 4.69) is 112 Å². The fourth-order valence-corrected chi connectivity index (χ4v) is 16.2. The van der Waals surface area contributed by atoms with Gasteiger partial charge in [0, 0.05) is 45.0 Å². The molecule has 1 aliphatic carbocycles. The van der Waals surface area contributed by atoms with Crippen LogP contribution in [0.3, 0.4) is 0 Å². The largest absolute Gasteiger partial charge is 0.310 e. The molecule has 0 aromatic heterocycles. The molecule has 3 aliphatic rings. The topological polar surface area (TPSA) is 6.48 Å². The van der Waals surface area contributed by atoms with E-state index < -0.39 is 155 Å². The van der Waals surface area contributed by atoms with Gasteiger partial charge in [-0.3, -0.25) is 0 Å². The van der Waals surface area contributed by atoms with E-state index >= 15 is 0 Å². The van der Waals surface area contributed by atoms with Crippen LogP contribution in [0.25, 0.3) is 66.8 Å². The summed E-state index contributed by atoms with van der Waals surface area (Å²) in [4.78, 5) is 3.97. The van der Waals surface area contributed by atoms with Gasteiger partial charge in [-0.2, -0.15) is 0 Å². The van der Waals surface area contributed by atoms with Crippen LogP contribution < -0.4 is 36.6 Å². The summed E-state index contributed by atoms with van der Waals surface area (Å²) in [5, 5.41) is 2.39. The van der Waals surface area contributed by atoms with Crippen LogP contribution >= 0.6 is 0 Å². The Balaban J connectivity index is 1.29. The molecule has 1 saturated carbocycles. The summed E-state index contributed by atoms with van der Waals surface area (Å²) in [5.41, 5.74) is 7.19. The molecule has 0 N–H and O–H groups in total. The summed E-state index contributed by atoms with van der Waals surface area (Å²) >= 11 is 0. The van der Waals surface area contributed by atoms with E-state index in [0.717, 1.165) is 59.9 Å². The Kier molecular flexibility index (Phi) is 10.5. The molecule has 14 rings (SSSR count). The van der Waals surface area contributed by atoms with E-state index in [0.29, 0.717) is 50.3 Å². The standard InChI is InChI=1S/C86H87BN2Si2/c1-85(2,3)68-54-72(59-32-20-14-21-33-59)83(73(55-68)60-34-22-15-23-35-60)88-78-46-44-65(63-40-28-42-70(48-63)90(7,8)9)50-76(78)87-77-51-66(64-41-29-43-71(49-64)91(10,11)12)45-47-79(77)89(81-53-67(52-80(88)82(81)87)58-30-18-13-19-31-58)84-74(61-36-24-16-25-37-61)56-69(86(4,5)6)57-75(84)62-38-26-17-27-39-62/h14-17,20-29,32-58H,13,18-19,30-31H2,1-12H3/i14D,15D,16D,17D,20D,21D,22D,23D,24D,25D,26D,27D,32D,33D,34D,35D,36D,37D,38D,39D. The molecule has 0 bridgehead atoms. The van der Waals surface area contributed by atoms with Crippen molar-refractivity contribution in [1.29, 1.82) is 0 Å². The quantitative estimate of drug-likeness (QED) is 0.119. The van der Waals surface area contributed by atoms with E-state index in [1.807, 2.05) is 75.6 Å². The van der Waals surface area contributed by atoms with Gasteiger partial charge in [0.25, 0.3) is 6.71 Å². The van der Waals surface area contributed by atoms with E-state index in [9.17, 15) is 21.9 Å². The molecule has 0 radical (unpaired) electrons. The second-order valence-corrected chi connectivity index (χ2v) is 39.1. The van der Waals surface area contributed by atoms with Gasteiger partial charge in [0.15, 0.2) is 0 Å². The second kappa shape index (κ2) is 23.3. The zero-order chi connectivity index (χ0) is 80.5. The predicted molar refractivity (Wildman–Crippen MR) is 402 cm³/mol. The van der Waals surface area contributed by atoms with Crippen molar-refractivity contribution in [2.45, 2.75) is 130 Å². The molecule has 2 aliphatic heterocycles. The minimum atomic E-state index is -2.01. The molecule has 452 valence electrons. The average molecular weight is 1240 g/mol. The predicted octanol–water partition coefficient (Wildman–Crippen LogP) is 21.5. The number of hydrogen-bond acceptors (Lipinski definition) is 2. The van der Waals surface area contributed by atoms with Crippen LogP contribution in [0.4, 0.5) is 34.1 Å². The summed E-state index contributed by atoms with van der Waals surface area (Å²) in [7, 11) is -4.02. The highest BCUT2D eigenvalue weighted by atomic mass is 28.3. The molecule has 0 atom stereocenters. The molecular formula is C86H87BN2Si2. The molecular weight excluding hydrogens is 1130 g/mol. The molecule has 1 fully saturated rings. The molecule has 0 amide bonds. The Labute approximate surface area is 573 Å².